The zero-order valence-electron chi connectivity index (χ0n) is 13.3. The summed E-state index contributed by atoms with van der Waals surface area (Å²) in [5, 5.41) is 8.90. The maximum absolute atomic E-state index is 13.2. The van der Waals surface area contributed by atoms with Crippen molar-refractivity contribution in [3.05, 3.63) is 34.3 Å². The molecule has 1 N–H and O–H groups in total. The van der Waals surface area contributed by atoms with E-state index >= 15 is 0 Å². The van der Waals surface area contributed by atoms with Crippen LogP contribution in [-0.2, 0) is 19.7 Å². The summed E-state index contributed by atoms with van der Waals surface area (Å²) in [5.74, 6) is -0.882. The SMILES string of the molecule is CCN(CCC(=O)O)C(=O)C1(c2ccc(Br)cc2)CCOCC1. The number of carboxylic acids is 1. The van der Waals surface area contributed by atoms with Crippen LogP contribution in [0.4, 0.5) is 0 Å². The van der Waals surface area contributed by atoms with Gasteiger partial charge >= 0.3 is 5.97 Å². The van der Waals surface area contributed by atoms with E-state index in [4.69, 9.17) is 9.84 Å². The molecule has 0 aliphatic carbocycles. The number of carboxylic acid groups (broad SMARTS) is 1. The third-order valence-electron chi connectivity index (χ3n) is 4.42. The fourth-order valence-corrected chi connectivity index (χ4v) is 3.32. The van der Waals surface area contributed by atoms with Crippen molar-refractivity contribution in [2.45, 2.75) is 31.6 Å². The Morgan fingerprint density at radius 3 is 2.39 bits per heavy atom. The fraction of sp³-hybridized carbons (Fsp3) is 0.529. The predicted molar refractivity (Wildman–Crippen MR) is 90.4 cm³/mol. The molecular weight excluding hydrogens is 362 g/mol. The number of amides is 1. The molecule has 23 heavy (non-hydrogen) atoms. The van der Waals surface area contributed by atoms with Crippen LogP contribution in [0, 0.1) is 0 Å². The van der Waals surface area contributed by atoms with Gasteiger partial charge in [0.05, 0.1) is 11.8 Å². The van der Waals surface area contributed by atoms with Gasteiger partial charge in [-0.15, -0.1) is 0 Å². The Bertz CT molecular complexity index is 552. The Morgan fingerprint density at radius 1 is 1.26 bits per heavy atom. The van der Waals surface area contributed by atoms with Crippen molar-refractivity contribution >= 4 is 27.8 Å². The minimum Gasteiger partial charge on any atom is -0.481 e. The number of carbonyl (C=O) groups is 2. The van der Waals surface area contributed by atoms with E-state index < -0.39 is 11.4 Å². The molecule has 0 bridgehead atoms. The highest BCUT2D eigenvalue weighted by Gasteiger charge is 2.43. The largest absolute Gasteiger partial charge is 0.481 e. The first kappa shape index (κ1) is 17.9. The summed E-state index contributed by atoms with van der Waals surface area (Å²) in [7, 11) is 0. The number of likely N-dealkylation sites (N-methyl/N-ethyl adjacent to an activating group) is 1. The molecule has 1 heterocycles. The van der Waals surface area contributed by atoms with Gasteiger partial charge in [-0.2, -0.15) is 0 Å². The molecule has 1 aliphatic rings. The van der Waals surface area contributed by atoms with E-state index in [1.807, 2.05) is 31.2 Å². The van der Waals surface area contributed by atoms with Crippen LogP contribution in [0.25, 0.3) is 0 Å². The summed E-state index contributed by atoms with van der Waals surface area (Å²) in [5.41, 5.74) is 0.357. The normalized spacial score (nSPS) is 16.8. The zero-order chi connectivity index (χ0) is 16.9. The van der Waals surface area contributed by atoms with Gasteiger partial charge < -0.3 is 14.7 Å². The number of aliphatic carboxylic acids is 1. The number of ether oxygens (including phenoxy) is 1. The van der Waals surface area contributed by atoms with E-state index in [9.17, 15) is 9.59 Å². The molecule has 1 aromatic carbocycles. The molecule has 0 unspecified atom stereocenters. The highest BCUT2D eigenvalue weighted by Crippen LogP contribution is 2.37. The maximum atomic E-state index is 13.2. The van der Waals surface area contributed by atoms with Crippen molar-refractivity contribution in [3.63, 3.8) is 0 Å². The lowest BCUT2D eigenvalue weighted by molar-refractivity contribution is -0.143. The third kappa shape index (κ3) is 4.12. The molecule has 0 radical (unpaired) electrons. The molecule has 6 heteroatoms. The first-order valence-corrected chi connectivity index (χ1v) is 8.64. The lowest BCUT2D eigenvalue weighted by Crippen LogP contribution is -2.50. The molecule has 0 spiro atoms. The Balaban J connectivity index is 2.31. The van der Waals surface area contributed by atoms with Crippen molar-refractivity contribution in [2.24, 2.45) is 0 Å². The van der Waals surface area contributed by atoms with Crippen molar-refractivity contribution in [1.29, 1.82) is 0 Å². The van der Waals surface area contributed by atoms with Crippen molar-refractivity contribution < 1.29 is 19.4 Å². The Hall–Kier alpha value is -1.40. The van der Waals surface area contributed by atoms with Gasteiger partial charge in [-0.3, -0.25) is 9.59 Å². The van der Waals surface area contributed by atoms with Crippen LogP contribution in [0.15, 0.2) is 28.7 Å². The average molecular weight is 384 g/mol. The van der Waals surface area contributed by atoms with Crippen LogP contribution in [0.2, 0.25) is 0 Å². The Kier molecular flexibility index (Phi) is 6.18. The van der Waals surface area contributed by atoms with Crippen molar-refractivity contribution in [3.8, 4) is 0 Å². The Morgan fingerprint density at radius 2 is 1.87 bits per heavy atom. The second-order valence-electron chi connectivity index (χ2n) is 5.73. The number of benzene rings is 1. The number of nitrogens with zero attached hydrogens (tertiary/aromatic N) is 1. The van der Waals surface area contributed by atoms with Crippen molar-refractivity contribution in [1.82, 2.24) is 4.90 Å². The minimum atomic E-state index is -0.888. The van der Waals surface area contributed by atoms with Crippen LogP contribution in [0.1, 0.15) is 31.7 Å². The van der Waals surface area contributed by atoms with Gasteiger partial charge in [0.1, 0.15) is 0 Å². The van der Waals surface area contributed by atoms with Crippen molar-refractivity contribution in [2.75, 3.05) is 26.3 Å². The van der Waals surface area contributed by atoms with Gasteiger partial charge in [-0.25, -0.2) is 0 Å². The monoisotopic (exact) mass is 383 g/mol. The lowest BCUT2D eigenvalue weighted by Gasteiger charge is -2.40. The van der Waals surface area contributed by atoms with Gasteiger partial charge in [0.25, 0.3) is 0 Å². The summed E-state index contributed by atoms with van der Waals surface area (Å²) in [6.07, 6.45) is 1.21. The molecule has 1 saturated heterocycles. The van der Waals surface area contributed by atoms with E-state index in [0.29, 0.717) is 32.6 Å². The number of hydrogen-bond donors (Lipinski definition) is 1. The molecule has 1 amide bonds. The third-order valence-corrected chi connectivity index (χ3v) is 4.95. The van der Waals surface area contributed by atoms with Crippen LogP contribution >= 0.6 is 15.9 Å². The van der Waals surface area contributed by atoms with Crippen LogP contribution in [0.5, 0.6) is 0 Å². The van der Waals surface area contributed by atoms with Gasteiger partial charge in [-0.05, 0) is 37.5 Å². The molecular formula is C17H22BrNO4. The standard InChI is InChI=1S/C17H22BrNO4/c1-2-19(10-7-15(20)21)16(22)17(8-11-23-12-9-17)13-3-5-14(18)6-4-13/h3-6H,2,7-12H2,1H3,(H,20,21). The number of halogens is 1. The zero-order valence-corrected chi connectivity index (χ0v) is 14.8. The molecule has 0 atom stereocenters. The van der Waals surface area contributed by atoms with Gasteiger partial charge in [0.15, 0.2) is 0 Å². The molecule has 2 rings (SSSR count). The summed E-state index contributed by atoms with van der Waals surface area (Å²) >= 11 is 3.42. The first-order valence-electron chi connectivity index (χ1n) is 7.84. The van der Waals surface area contributed by atoms with E-state index in [2.05, 4.69) is 15.9 Å². The highest BCUT2D eigenvalue weighted by atomic mass is 79.9. The lowest BCUT2D eigenvalue weighted by atomic mass is 9.73. The van der Waals surface area contributed by atoms with E-state index in [1.165, 1.54) is 0 Å². The molecule has 0 saturated carbocycles. The second kappa shape index (κ2) is 7.93. The van der Waals surface area contributed by atoms with E-state index in [0.717, 1.165) is 10.0 Å². The molecule has 0 aromatic heterocycles. The Labute approximate surface area is 144 Å². The molecule has 1 fully saturated rings. The van der Waals surface area contributed by atoms with E-state index in [1.54, 1.807) is 4.90 Å². The highest BCUT2D eigenvalue weighted by molar-refractivity contribution is 9.10. The molecule has 126 valence electrons. The average Bonchev–Trinajstić information content (AvgIpc) is 2.56. The van der Waals surface area contributed by atoms with Gasteiger partial charge in [0.2, 0.25) is 5.91 Å². The fourth-order valence-electron chi connectivity index (χ4n) is 3.05. The maximum Gasteiger partial charge on any atom is 0.305 e. The molecule has 1 aliphatic heterocycles. The second-order valence-corrected chi connectivity index (χ2v) is 6.65. The topological polar surface area (TPSA) is 66.8 Å². The molecule has 1 aromatic rings. The predicted octanol–water partition coefficient (Wildman–Crippen LogP) is 2.82. The summed E-state index contributed by atoms with van der Waals surface area (Å²) in [6, 6.07) is 7.82. The van der Waals surface area contributed by atoms with Crippen LogP contribution in [0.3, 0.4) is 0 Å². The summed E-state index contributed by atoms with van der Waals surface area (Å²) < 4.78 is 6.42. The summed E-state index contributed by atoms with van der Waals surface area (Å²) in [6.45, 7) is 3.71. The first-order chi connectivity index (χ1) is 11.0. The smallest absolute Gasteiger partial charge is 0.305 e. The quantitative estimate of drug-likeness (QED) is 0.819. The molecule has 5 nitrogen and oxygen atoms in total. The van der Waals surface area contributed by atoms with E-state index in [-0.39, 0.29) is 18.9 Å². The number of rotatable bonds is 6. The number of hydrogen-bond acceptors (Lipinski definition) is 3. The summed E-state index contributed by atoms with van der Waals surface area (Å²) in [4.78, 5) is 25.7. The van der Waals surface area contributed by atoms with Gasteiger partial charge in [0, 0.05) is 30.8 Å². The van der Waals surface area contributed by atoms with Crippen LogP contribution in [-0.4, -0.2) is 48.2 Å². The number of carbonyl (C=O) groups excluding carboxylic acids is 1. The van der Waals surface area contributed by atoms with Crippen LogP contribution < -0.4 is 0 Å². The minimum absolute atomic E-state index is 0.00636. The van der Waals surface area contributed by atoms with Gasteiger partial charge in [-0.1, -0.05) is 28.1 Å².